The molecule has 1 saturated carbocycles. The van der Waals surface area contributed by atoms with Gasteiger partial charge in [-0.15, -0.1) is 12.4 Å². The summed E-state index contributed by atoms with van der Waals surface area (Å²) in [6.07, 6.45) is 5.21. The molecule has 3 rings (SSSR count). The van der Waals surface area contributed by atoms with Crippen molar-refractivity contribution in [2.24, 2.45) is 11.8 Å². The summed E-state index contributed by atoms with van der Waals surface area (Å²) in [7, 11) is 0. The van der Waals surface area contributed by atoms with Gasteiger partial charge in [0.2, 0.25) is 5.91 Å². The van der Waals surface area contributed by atoms with Gasteiger partial charge in [-0.2, -0.15) is 0 Å². The van der Waals surface area contributed by atoms with Gasteiger partial charge in [-0.25, -0.2) is 4.79 Å². The highest BCUT2D eigenvalue weighted by Gasteiger charge is 2.56. The third kappa shape index (κ3) is 4.00. The Hall–Kier alpha value is -1.34. The van der Waals surface area contributed by atoms with E-state index in [9.17, 15) is 14.4 Å². The molecule has 8 heteroatoms. The molecule has 2 unspecified atom stereocenters. The fourth-order valence-electron chi connectivity index (χ4n) is 3.58. The number of hydrogen-bond donors (Lipinski definition) is 3. The highest BCUT2D eigenvalue weighted by atomic mass is 35.5. The van der Waals surface area contributed by atoms with Gasteiger partial charge in [-0.05, 0) is 64.0 Å². The Morgan fingerprint density at radius 1 is 1.33 bits per heavy atom. The topological polar surface area (TPSA) is 90.5 Å². The van der Waals surface area contributed by atoms with Crippen LogP contribution in [0.25, 0.3) is 0 Å². The lowest BCUT2D eigenvalue weighted by Gasteiger charge is -2.23. The summed E-state index contributed by atoms with van der Waals surface area (Å²) in [4.78, 5) is 37.5. The Morgan fingerprint density at radius 3 is 2.71 bits per heavy atom. The van der Waals surface area contributed by atoms with Gasteiger partial charge in [0.1, 0.15) is 12.1 Å². The molecule has 24 heavy (non-hydrogen) atoms. The van der Waals surface area contributed by atoms with E-state index in [1.165, 1.54) is 12.8 Å². The van der Waals surface area contributed by atoms with Crippen molar-refractivity contribution < 1.29 is 14.4 Å². The van der Waals surface area contributed by atoms with E-state index in [4.69, 9.17) is 0 Å². The first-order valence-electron chi connectivity index (χ1n) is 8.62. The van der Waals surface area contributed by atoms with Crippen LogP contribution in [0.15, 0.2) is 0 Å². The fourth-order valence-corrected chi connectivity index (χ4v) is 3.58. The lowest BCUT2D eigenvalue weighted by atomic mass is 9.96. The normalized spacial score (nSPS) is 29.9. The van der Waals surface area contributed by atoms with E-state index in [0.29, 0.717) is 12.5 Å². The van der Waals surface area contributed by atoms with Crippen LogP contribution in [0.5, 0.6) is 0 Å². The SMILES string of the molecule is CC1(C2CC2)NC(=O)N(CC(=O)NCCC2CCCNC2)C1=O.Cl. The van der Waals surface area contributed by atoms with E-state index in [-0.39, 0.29) is 36.7 Å². The van der Waals surface area contributed by atoms with Crippen molar-refractivity contribution >= 4 is 30.3 Å². The summed E-state index contributed by atoms with van der Waals surface area (Å²) in [5.41, 5.74) is -0.814. The lowest BCUT2D eigenvalue weighted by Crippen LogP contribution is -2.47. The molecule has 2 atom stereocenters. The third-order valence-corrected chi connectivity index (χ3v) is 5.27. The van der Waals surface area contributed by atoms with Crippen LogP contribution < -0.4 is 16.0 Å². The molecule has 1 aliphatic carbocycles. The quantitative estimate of drug-likeness (QED) is 0.607. The number of halogens is 1. The monoisotopic (exact) mass is 358 g/mol. The second-order valence-electron chi connectivity index (χ2n) is 7.15. The zero-order valence-corrected chi connectivity index (χ0v) is 14.9. The minimum absolute atomic E-state index is 0. The van der Waals surface area contributed by atoms with Crippen LogP contribution >= 0.6 is 12.4 Å². The molecule has 3 fully saturated rings. The molecule has 7 nitrogen and oxygen atoms in total. The number of imide groups is 1. The van der Waals surface area contributed by atoms with Crippen molar-refractivity contribution in [1.29, 1.82) is 0 Å². The summed E-state index contributed by atoms with van der Waals surface area (Å²) in [6.45, 7) is 4.25. The number of rotatable bonds is 6. The summed E-state index contributed by atoms with van der Waals surface area (Å²) in [5, 5.41) is 8.93. The molecule has 0 aromatic carbocycles. The van der Waals surface area contributed by atoms with Gasteiger partial charge in [-0.3, -0.25) is 14.5 Å². The summed E-state index contributed by atoms with van der Waals surface area (Å²) < 4.78 is 0. The third-order valence-electron chi connectivity index (χ3n) is 5.27. The van der Waals surface area contributed by atoms with Gasteiger partial charge in [0.05, 0.1) is 0 Å². The van der Waals surface area contributed by atoms with Crippen molar-refractivity contribution in [2.75, 3.05) is 26.2 Å². The van der Waals surface area contributed by atoms with Crippen molar-refractivity contribution in [2.45, 2.75) is 44.6 Å². The molecule has 4 amide bonds. The standard InChI is InChI=1S/C16H26N4O3.ClH/c1-16(12-4-5-12)14(22)20(15(23)19-16)10-13(21)18-8-6-11-3-2-7-17-9-11;/h11-12,17H,2-10H2,1H3,(H,18,21)(H,19,23);1H. The van der Waals surface area contributed by atoms with E-state index in [1.807, 2.05) is 0 Å². The van der Waals surface area contributed by atoms with Gasteiger partial charge in [0.25, 0.3) is 5.91 Å². The smallest absolute Gasteiger partial charge is 0.325 e. The van der Waals surface area contributed by atoms with Crippen LogP contribution in [0, 0.1) is 11.8 Å². The molecule has 136 valence electrons. The van der Waals surface area contributed by atoms with Gasteiger partial charge < -0.3 is 16.0 Å². The van der Waals surface area contributed by atoms with Crippen molar-refractivity contribution in [3.05, 3.63) is 0 Å². The Labute approximate surface area is 148 Å². The second-order valence-corrected chi connectivity index (χ2v) is 7.15. The Kier molecular flexibility index (Phi) is 6.09. The average Bonchev–Trinajstić information content (AvgIpc) is 3.35. The number of nitrogens with one attached hydrogen (secondary N) is 3. The number of nitrogens with zero attached hydrogens (tertiary/aromatic N) is 1. The van der Waals surface area contributed by atoms with Crippen molar-refractivity contribution in [3.63, 3.8) is 0 Å². The zero-order valence-electron chi connectivity index (χ0n) is 14.1. The molecule has 0 radical (unpaired) electrons. The van der Waals surface area contributed by atoms with Gasteiger partial charge in [0, 0.05) is 6.54 Å². The van der Waals surface area contributed by atoms with Gasteiger partial charge in [0.15, 0.2) is 0 Å². The molecule has 2 heterocycles. The van der Waals surface area contributed by atoms with Crippen LogP contribution in [-0.4, -0.2) is 54.5 Å². The molecule has 0 spiro atoms. The number of carbonyl (C=O) groups is 3. The van der Waals surface area contributed by atoms with Crippen molar-refractivity contribution in [1.82, 2.24) is 20.9 Å². The van der Waals surface area contributed by atoms with Crippen LogP contribution in [0.3, 0.4) is 0 Å². The molecule has 3 N–H and O–H groups in total. The maximum Gasteiger partial charge on any atom is 0.325 e. The number of hydrogen-bond acceptors (Lipinski definition) is 4. The van der Waals surface area contributed by atoms with Crippen LogP contribution in [0.2, 0.25) is 0 Å². The van der Waals surface area contributed by atoms with Crippen LogP contribution in [-0.2, 0) is 9.59 Å². The maximum absolute atomic E-state index is 12.4. The highest BCUT2D eigenvalue weighted by Crippen LogP contribution is 2.42. The first-order valence-corrected chi connectivity index (χ1v) is 8.62. The first kappa shape index (κ1) is 19.0. The zero-order chi connectivity index (χ0) is 16.4. The molecule has 0 aromatic rings. The predicted octanol–water partition coefficient (Wildman–Crippen LogP) is 0.635. The van der Waals surface area contributed by atoms with E-state index in [1.54, 1.807) is 6.92 Å². The van der Waals surface area contributed by atoms with E-state index in [0.717, 1.165) is 37.3 Å². The number of urea groups is 1. The van der Waals surface area contributed by atoms with E-state index < -0.39 is 11.6 Å². The van der Waals surface area contributed by atoms with Crippen LogP contribution in [0.4, 0.5) is 4.79 Å². The molecule has 0 aromatic heterocycles. The van der Waals surface area contributed by atoms with Crippen LogP contribution in [0.1, 0.15) is 39.0 Å². The minimum atomic E-state index is -0.814. The minimum Gasteiger partial charge on any atom is -0.355 e. The maximum atomic E-state index is 12.4. The Bertz CT molecular complexity index is 506. The molecular weight excluding hydrogens is 332 g/mol. The first-order chi connectivity index (χ1) is 11.0. The molecule has 2 aliphatic heterocycles. The molecular formula is C16H27ClN4O3. The molecule has 0 bridgehead atoms. The van der Waals surface area contributed by atoms with Crippen molar-refractivity contribution in [3.8, 4) is 0 Å². The summed E-state index contributed by atoms with van der Waals surface area (Å²) in [6, 6.07) is -0.448. The summed E-state index contributed by atoms with van der Waals surface area (Å²) >= 11 is 0. The second kappa shape index (κ2) is 7.70. The predicted molar refractivity (Wildman–Crippen MR) is 91.8 cm³/mol. The number of carbonyl (C=O) groups excluding carboxylic acids is 3. The molecule has 3 aliphatic rings. The highest BCUT2D eigenvalue weighted by molar-refractivity contribution is 6.09. The van der Waals surface area contributed by atoms with Gasteiger partial charge >= 0.3 is 6.03 Å². The Balaban J connectivity index is 0.00000208. The number of piperidine rings is 1. The van der Waals surface area contributed by atoms with E-state index >= 15 is 0 Å². The Morgan fingerprint density at radius 2 is 2.08 bits per heavy atom. The lowest BCUT2D eigenvalue weighted by molar-refractivity contribution is -0.135. The fraction of sp³-hybridized carbons (Fsp3) is 0.812. The molecule has 2 saturated heterocycles. The summed E-state index contributed by atoms with van der Waals surface area (Å²) in [5.74, 6) is 0.277. The average molecular weight is 359 g/mol. The largest absolute Gasteiger partial charge is 0.355 e. The van der Waals surface area contributed by atoms with E-state index in [2.05, 4.69) is 16.0 Å². The number of amides is 4. The van der Waals surface area contributed by atoms with Gasteiger partial charge in [-0.1, -0.05) is 0 Å².